The Labute approximate surface area is 122 Å². The zero-order chi connectivity index (χ0) is 14.3. The SMILES string of the molecule is Nc1cncc(Br)c1Nc1ccc2c(c1)C(=O)NC2=O. The summed E-state index contributed by atoms with van der Waals surface area (Å²) in [6.07, 6.45) is 3.14. The number of carbonyl (C=O) groups is 2. The minimum Gasteiger partial charge on any atom is -0.396 e. The second kappa shape index (κ2) is 4.61. The van der Waals surface area contributed by atoms with Crippen LogP contribution in [0.25, 0.3) is 0 Å². The number of nitrogens with one attached hydrogen (secondary N) is 2. The molecule has 1 aliphatic rings. The Kier molecular flexibility index (Phi) is 2.90. The van der Waals surface area contributed by atoms with Crippen molar-refractivity contribution in [3.05, 3.63) is 46.2 Å². The van der Waals surface area contributed by atoms with Crippen molar-refractivity contribution >= 4 is 44.8 Å². The maximum atomic E-state index is 11.6. The largest absolute Gasteiger partial charge is 0.396 e. The molecule has 100 valence electrons. The third-order valence-corrected chi connectivity index (χ3v) is 3.54. The summed E-state index contributed by atoms with van der Waals surface area (Å²) >= 11 is 3.35. The fourth-order valence-corrected chi connectivity index (χ4v) is 2.42. The molecule has 2 amide bonds. The molecular weight excluding hydrogens is 324 g/mol. The summed E-state index contributed by atoms with van der Waals surface area (Å²) < 4.78 is 0.707. The summed E-state index contributed by atoms with van der Waals surface area (Å²) in [5.74, 6) is -0.767. The first-order chi connectivity index (χ1) is 9.56. The van der Waals surface area contributed by atoms with Crippen molar-refractivity contribution in [2.45, 2.75) is 0 Å². The molecule has 1 aromatic carbocycles. The summed E-state index contributed by atoms with van der Waals surface area (Å²) in [5.41, 5.74) is 8.36. The van der Waals surface area contributed by atoms with Crippen LogP contribution in [0.3, 0.4) is 0 Å². The van der Waals surface area contributed by atoms with E-state index in [4.69, 9.17) is 5.73 Å². The number of carbonyl (C=O) groups excluding carboxylic acids is 2. The van der Waals surface area contributed by atoms with Crippen molar-refractivity contribution in [3.8, 4) is 0 Å². The number of amides is 2. The molecule has 6 nitrogen and oxygen atoms in total. The highest BCUT2D eigenvalue weighted by atomic mass is 79.9. The molecule has 0 atom stereocenters. The van der Waals surface area contributed by atoms with Gasteiger partial charge in [-0.2, -0.15) is 0 Å². The molecule has 4 N–H and O–H groups in total. The van der Waals surface area contributed by atoms with Crippen molar-refractivity contribution in [1.82, 2.24) is 10.3 Å². The first kappa shape index (κ1) is 12.6. The van der Waals surface area contributed by atoms with Crippen LogP contribution in [0.2, 0.25) is 0 Å². The molecule has 2 heterocycles. The van der Waals surface area contributed by atoms with E-state index >= 15 is 0 Å². The normalized spacial score (nSPS) is 13.1. The zero-order valence-electron chi connectivity index (χ0n) is 10.1. The Hall–Kier alpha value is -2.41. The molecule has 1 aliphatic heterocycles. The molecule has 0 fully saturated rings. The average molecular weight is 333 g/mol. The van der Waals surface area contributed by atoms with Crippen LogP contribution < -0.4 is 16.4 Å². The summed E-state index contributed by atoms with van der Waals surface area (Å²) in [4.78, 5) is 27.0. The van der Waals surface area contributed by atoms with E-state index in [2.05, 4.69) is 31.5 Å². The highest BCUT2D eigenvalue weighted by molar-refractivity contribution is 9.10. The van der Waals surface area contributed by atoms with Crippen molar-refractivity contribution in [3.63, 3.8) is 0 Å². The number of nitrogens with zero attached hydrogens (tertiary/aromatic N) is 1. The number of hydrogen-bond acceptors (Lipinski definition) is 5. The van der Waals surface area contributed by atoms with Gasteiger partial charge >= 0.3 is 0 Å². The van der Waals surface area contributed by atoms with Crippen LogP contribution in [0.4, 0.5) is 17.1 Å². The molecule has 0 bridgehead atoms. The molecule has 0 radical (unpaired) electrons. The molecular formula is C13H9BrN4O2. The van der Waals surface area contributed by atoms with E-state index < -0.39 is 5.91 Å². The number of aromatic nitrogens is 1. The van der Waals surface area contributed by atoms with Gasteiger partial charge in [0.1, 0.15) is 0 Å². The molecule has 3 rings (SSSR count). The molecule has 1 aromatic heterocycles. The van der Waals surface area contributed by atoms with Gasteiger partial charge < -0.3 is 11.1 Å². The van der Waals surface area contributed by atoms with Gasteiger partial charge in [0, 0.05) is 11.9 Å². The van der Waals surface area contributed by atoms with E-state index in [1.807, 2.05) is 0 Å². The Balaban J connectivity index is 1.99. The number of pyridine rings is 1. The van der Waals surface area contributed by atoms with Gasteiger partial charge in [0.05, 0.1) is 33.2 Å². The smallest absolute Gasteiger partial charge is 0.259 e. The van der Waals surface area contributed by atoms with Gasteiger partial charge in [0.2, 0.25) is 0 Å². The van der Waals surface area contributed by atoms with Gasteiger partial charge in [0.15, 0.2) is 0 Å². The van der Waals surface area contributed by atoms with Crippen molar-refractivity contribution in [2.24, 2.45) is 0 Å². The van der Waals surface area contributed by atoms with Crippen LogP contribution in [0.5, 0.6) is 0 Å². The standard InChI is InChI=1S/C13H9BrN4O2/c14-9-4-16-5-10(15)11(9)17-6-1-2-7-8(3-6)13(20)18-12(7)19/h1-5H,15H2,(H,16,17)(H,18,19,20). The van der Waals surface area contributed by atoms with Crippen molar-refractivity contribution < 1.29 is 9.59 Å². The van der Waals surface area contributed by atoms with Crippen LogP contribution in [-0.2, 0) is 0 Å². The minimum absolute atomic E-state index is 0.351. The van der Waals surface area contributed by atoms with E-state index in [-0.39, 0.29) is 5.91 Å². The zero-order valence-corrected chi connectivity index (χ0v) is 11.7. The molecule has 0 aliphatic carbocycles. The molecule has 7 heteroatoms. The van der Waals surface area contributed by atoms with Gasteiger partial charge in [-0.05, 0) is 34.1 Å². The third-order valence-electron chi connectivity index (χ3n) is 2.93. The van der Waals surface area contributed by atoms with E-state index in [0.717, 1.165) is 0 Å². The fourth-order valence-electron chi connectivity index (χ4n) is 1.97. The molecule has 0 spiro atoms. The topological polar surface area (TPSA) is 97.1 Å². The second-order valence-corrected chi connectivity index (χ2v) is 5.11. The number of rotatable bonds is 2. The predicted molar refractivity (Wildman–Crippen MR) is 77.9 cm³/mol. The number of imide groups is 1. The lowest BCUT2D eigenvalue weighted by Crippen LogP contribution is -2.19. The summed E-state index contributed by atoms with van der Waals surface area (Å²) in [6, 6.07) is 4.92. The summed E-state index contributed by atoms with van der Waals surface area (Å²) in [7, 11) is 0. The first-order valence-corrected chi connectivity index (χ1v) is 6.51. The number of hydrogen-bond donors (Lipinski definition) is 3. The Morgan fingerprint density at radius 2 is 1.90 bits per heavy atom. The second-order valence-electron chi connectivity index (χ2n) is 4.25. The lowest BCUT2D eigenvalue weighted by molar-refractivity contribution is 0.0879. The number of benzene rings is 1. The number of anilines is 3. The average Bonchev–Trinajstić information content (AvgIpc) is 2.69. The third kappa shape index (κ3) is 2.01. The van der Waals surface area contributed by atoms with Crippen LogP contribution in [0.1, 0.15) is 20.7 Å². The quantitative estimate of drug-likeness (QED) is 0.731. The Morgan fingerprint density at radius 1 is 1.15 bits per heavy atom. The van der Waals surface area contributed by atoms with Gasteiger partial charge in [-0.1, -0.05) is 0 Å². The van der Waals surface area contributed by atoms with Gasteiger partial charge in [-0.15, -0.1) is 0 Å². The van der Waals surface area contributed by atoms with E-state index in [1.54, 1.807) is 24.4 Å². The Bertz CT molecular complexity index is 725. The number of halogens is 1. The van der Waals surface area contributed by atoms with Crippen LogP contribution in [0, 0.1) is 0 Å². The lowest BCUT2D eigenvalue weighted by Gasteiger charge is -2.11. The minimum atomic E-state index is -0.393. The highest BCUT2D eigenvalue weighted by Gasteiger charge is 2.26. The summed E-state index contributed by atoms with van der Waals surface area (Å²) in [6.45, 7) is 0. The van der Waals surface area contributed by atoms with Crippen molar-refractivity contribution in [2.75, 3.05) is 11.1 Å². The number of fused-ring (bicyclic) bond motifs is 1. The number of nitrogens with two attached hydrogens (primary N) is 1. The van der Waals surface area contributed by atoms with Gasteiger partial charge in [-0.3, -0.25) is 19.9 Å². The molecule has 0 unspecified atom stereocenters. The van der Waals surface area contributed by atoms with E-state index in [0.29, 0.717) is 32.7 Å². The number of nitrogen functional groups attached to an aromatic ring is 1. The lowest BCUT2D eigenvalue weighted by atomic mass is 10.1. The maximum Gasteiger partial charge on any atom is 0.259 e. The van der Waals surface area contributed by atoms with Gasteiger partial charge in [-0.25, -0.2) is 0 Å². The molecule has 0 saturated heterocycles. The molecule has 2 aromatic rings. The first-order valence-electron chi connectivity index (χ1n) is 5.72. The summed E-state index contributed by atoms with van der Waals surface area (Å²) in [5, 5.41) is 5.35. The van der Waals surface area contributed by atoms with E-state index in [1.165, 1.54) is 6.20 Å². The fraction of sp³-hybridized carbons (Fsp3) is 0. The van der Waals surface area contributed by atoms with Crippen LogP contribution in [-0.4, -0.2) is 16.8 Å². The van der Waals surface area contributed by atoms with Crippen LogP contribution >= 0.6 is 15.9 Å². The molecule has 20 heavy (non-hydrogen) atoms. The van der Waals surface area contributed by atoms with Gasteiger partial charge in [0.25, 0.3) is 11.8 Å². The van der Waals surface area contributed by atoms with Crippen LogP contribution in [0.15, 0.2) is 35.1 Å². The monoisotopic (exact) mass is 332 g/mol. The van der Waals surface area contributed by atoms with E-state index in [9.17, 15) is 9.59 Å². The highest BCUT2D eigenvalue weighted by Crippen LogP contribution is 2.31. The molecule has 0 saturated carbocycles. The van der Waals surface area contributed by atoms with Crippen molar-refractivity contribution in [1.29, 1.82) is 0 Å². The Morgan fingerprint density at radius 3 is 2.65 bits per heavy atom. The predicted octanol–water partition coefficient (Wildman–Crippen LogP) is 2.05. The maximum absolute atomic E-state index is 11.6.